The minimum atomic E-state index is -0.695. The Morgan fingerprint density at radius 1 is 1.08 bits per heavy atom. The first-order valence-electron chi connectivity index (χ1n) is 8.79. The molecule has 0 fully saturated rings. The molecule has 0 N–H and O–H groups in total. The molecule has 134 valence electrons. The Bertz CT molecular complexity index is 1030. The smallest absolute Gasteiger partial charge is 0.156 e. The lowest BCUT2D eigenvalue weighted by Crippen LogP contribution is -2.28. The van der Waals surface area contributed by atoms with Crippen LogP contribution in [0.3, 0.4) is 0 Å². The number of imidazole rings is 1. The van der Waals surface area contributed by atoms with Crippen LogP contribution in [0, 0.1) is 6.92 Å². The first-order chi connectivity index (χ1) is 12.2. The van der Waals surface area contributed by atoms with E-state index < -0.39 is 5.54 Å². The van der Waals surface area contributed by atoms with Crippen LogP contribution >= 0.6 is 0 Å². The number of aliphatic imine (C=N–C) groups is 1. The summed E-state index contributed by atoms with van der Waals surface area (Å²) in [5.41, 5.74) is 6.81. The molecule has 26 heavy (non-hydrogen) atoms. The number of aromatic nitrogens is 2. The van der Waals surface area contributed by atoms with Crippen LogP contribution in [0.15, 0.2) is 47.7 Å². The highest BCUT2D eigenvalue weighted by Gasteiger charge is 2.22. The summed E-state index contributed by atoms with van der Waals surface area (Å²) in [6, 6.07) is 12.7. The average Bonchev–Trinajstić information content (AvgIpc) is 2.94. The molecule has 0 aliphatic rings. The highest BCUT2D eigenvalue weighted by atomic mass is 16.1. The van der Waals surface area contributed by atoms with Gasteiger partial charge < -0.3 is 4.57 Å². The second-order valence-corrected chi connectivity index (χ2v) is 7.40. The van der Waals surface area contributed by atoms with Crippen molar-refractivity contribution in [3.05, 3.63) is 53.9 Å². The van der Waals surface area contributed by atoms with Gasteiger partial charge in [0, 0.05) is 12.8 Å². The van der Waals surface area contributed by atoms with Gasteiger partial charge in [-0.25, -0.2) is 4.98 Å². The summed E-state index contributed by atoms with van der Waals surface area (Å²) >= 11 is 0. The summed E-state index contributed by atoms with van der Waals surface area (Å²) in [6.07, 6.45) is 1.83. The van der Waals surface area contributed by atoms with Gasteiger partial charge in [0.05, 0.1) is 17.4 Å². The summed E-state index contributed by atoms with van der Waals surface area (Å²) in [6.45, 7) is 9.33. The summed E-state index contributed by atoms with van der Waals surface area (Å²) in [4.78, 5) is 20.8. The van der Waals surface area contributed by atoms with E-state index in [2.05, 4.69) is 53.3 Å². The van der Waals surface area contributed by atoms with Crippen molar-refractivity contribution in [3.8, 4) is 11.1 Å². The molecule has 3 rings (SSSR count). The van der Waals surface area contributed by atoms with E-state index in [1.807, 2.05) is 38.7 Å². The molecule has 0 saturated heterocycles. The number of rotatable bonds is 4. The molecule has 0 amide bonds. The second kappa shape index (κ2) is 6.52. The van der Waals surface area contributed by atoms with Crippen molar-refractivity contribution >= 4 is 22.5 Å². The van der Waals surface area contributed by atoms with Gasteiger partial charge in [0.1, 0.15) is 5.54 Å². The Morgan fingerprint density at radius 3 is 2.38 bits per heavy atom. The lowest BCUT2D eigenvalue weighted by atomic mass is 9.96. The zero-order chi connectivity index (χ0) is 19.1. The van der Waals surface area contributed by atoms with Crippen molar-refractivity contribution in [2.75, 3.05) is 0 Å². The Balaban J connectivity index is 1.98. The van der Waals surface area contributed by atoms with E-state index in [1.54, 1.807) is 6.92 Å². The first-order valence-corrected chi connectivity index (χ1v) is 8.79. The first kappa shape index (κ1) is 18.1. The Kier molecular flexibility index (Phi) is 4.53. The lowest BCUT2D eigenvalue weighted by molar-refractivity contribution is -0.120. The minimum Gasteiger partial charge on any atom is -0.334 e. The van der Waals surface area contributed by atoms with Crippen LogP contribution in [0.2, 0.25) is 0 Å². The number of carbonyl (C=O) groups is 1. The molecule has 4 nitrogen and oxygen atoms in total. The van der Waals surface area contributed by atoms with E-state index in [1.165, 1.54) is 0 Å². The van der Waals surface area contributed by atoms with Crippen LogP contribution in [0.5, 0.6) is 0 Å². The molecule has 0 spiro atoms. The van der Waals surface area contributed by atoms with E-state index in [0.717, 1.165) is 39.0 Å². The largest absolute Gasteiger partial charge is 0.334 e. The SMILES string of the molecule is CC(=O)C(C)(C)N=C(C)c1ccc(-c2ccc3c(c2)ncn3C)cc1C. The maximum Gasteiger partial charge on any atom is 0.156 e. The number of ketones is 1. The van der Waals surface area contributed by atoms with Crippen LogP contribution < -0.4 is 0 Å². The van der Waals surface area contributed by atoms with E-state index in [4.69, 9.17) is 0 Å². The van der Waals surface area contributed by atoms with Crippen molar-refractivity contribution in [1.29, 1.82) is 0 Å². The summed E-state index contributed by atoms with van der Waals surface area (Å²) in [5, 5.41) is 0. The predicted molar refractivity (Wildman–Crippen MR) is 108 cm³/mol. The molecule has 1 heterocycles. The van der Waals surface area contributed by atoms with Crippen molar-refractivity contribution in [2.24, 2.45) is 12.0 Å². The number of hydrogen-bond donors (Lipinski definition) is 0. The predicted octanol–water partition coefficient (Wildman–Crippen LogP) is 4.73. The quantitative estimate of drug-likeness (QED) is 0.641. The number of aryl methyl sites for hydroxylation is 2. The van der Waals surface area contributed by atoms with Gasteiger partial charge in [-0.1, -0.05) is 24.3 Å². The molecule has 2 aromatic carbocycles. The standard InChI is InChI=1S/C22H25N3O/c1-14-11-17(18-8-10-21-20(12-18)23-13-25(21)6)7-9-19(14)15(2)24-22(4,5)16(3)26/h7-13H,1-6H3. The van der Waals surface area contributed by atoms with Gasteiger partial charge in [-0.2, -0.15) is 0 Å². The molecule has 1 aromatic heterocycles. The maximum absolute atomic E-state index is 11.8. The molecule has 0 radical (unpaired) electrons. The molecule has 0 aliphatic carbocycles. The zero-order valence-electron chi connectivity index (χ0n) is 16.3. The van der Waals surface area contributed by atoms with E-state index in [0.29, 0.717) is 0 Å². The number of hydrogen-bond acceptors (Lipinski definition) is 3. The van der Waals surface area contributed by atoms with Gasteiger partial charge in [0.25, 0.3) is 0 Å². The lowest BCUT2D eigenvalue weighted by Gasteiger charge is -2.18. The van der Waals surface area contributed by atoms with Crippen LogP contribution in [-0.4, -0.2) is 26.6 Å². The maximum atomic E-state index is 11.8. The Hall–Kier alpha value is -2.75. The molecule has 0 aliphatic heterocycles. The van der Waals surface area contributed by atoms with Crippen molar-refractivity contribution < 1.29 is 4.79 Å². The number of Topliss-reactive ketones (excluding diaryl/α,β-unsaturated/α-hetero) is 1. The molecule has 0 bridgehead atoms. The number of fused-ring (bicyclic) bond motifs is 1. The molecular formula is C22H25N3O. The third kappa shape index (κ3) is 3.32. The van der Waals surface area contributed by atoms with Crippen LogP contribution in [0.4, 0.5) is 0 Å². The minimum absolute atomic E-state index is 0.0646. The molecule has 4 heteroatoms. The number of nitrogens with zero attached hydrogens (tertiary/aromatic N) is 3. The second-order valence-electron chi connectivity index (χ2n) is 7.40. The van der Waals surface area contributed by atoms with Crippen LogP contribution in [0.25, 0.3) is 22.2 Å². The summed E-state index contributed by atoms with van der Waals surface area (Å²) in [5.74, 6) is 0.0646. The molecule has 0 atom stereocenters. The fraction of sp³-hybridized carbons (Fsp3) is 0.318. The van der Waals surface area contributed by atoms with Gasteiger partial charge in [0.15, 0.2) is 5.78 Å². The highest BCUT2D eigenvalue weighted by Crippen LogP contribution is 2.26. The third-order valence-corrected chi connectivity index (χ3v) is 4.98. The molecule has 3 aromatic rings. The Labute approximate surface area is 154 Å². The highest BCUT2D eigenvalue weighted by molar-refractivity contribution is 6.02. The van der Waals surface area contributed by atoms with E-state index >= 15 is 0 Å². The normalized spacial score (nSPS) is 12.6. The Morgan fingerprint density at radius 2 is 1.73 bits per heavy atom. The van der Waals surface area contributed by atoms with Gasteiger partial charge in [-0.3, -0.25) is 9.79 Å². The van der Waals surface area contributed by atoms with Crippen LogP contribution in [-0.2, 0) is 11.8 Å². The summed E-state index contributed by atoms with van der Waals surface area (Å²) in [7, 11) is 2.00. The van der Waals surface area contributed by atoms with Crippen molar-refractivity contribution in [2.45, 2.75) is 40.2 Å². The molecule has 0 unspecified atom stereocenters. The van der Waals surface area contributed by atoms with Gasteiger partial charge in [-0.05, 0) is 69.0 Å². The number of benzene rings is 2. The summed E-state index contributed by atoms with van der Waals surface area (Å²) < 4.78 is 2.02. The van der Waals surface area contributed by atoms with Crippen molar-refractivity contribution in [3.63, 3.8) is 0 Å². The third-order valence-electron chi connectivity index (χ3n) is 4.98. The molecule has 0 saturated carbocycles. The van der Waals surface area contributed by atoms with E-state index in [-0.39, 0.29) is 5.78 Å². The molecular weight excluding hydrogens is 322 g/mol. The number of carbonyl (C=O) groups excluding carboxylic acids is 1. The van der Waals surface area contributed by atoms with Crippen molar-refractivity contribution in [1.82, 2.24) is 9.55 Å². The monoisotopic (exact) mass is 347 g/mol. The topological polar surface area (TPSA) is 47.2 Å². The van der Waals surface area contributed by atoms with Gasteiger partial charge >= 0.3 is 0 Å². The van der Waals surface area contributed by atoms with Gasteiger partial charge in [-0.15, -0.1) is 0 Å². The zero-order valence-corrected chi connectivity index (χ0v) is 16.3. The van der Waals surface area contributed by atoms with E-state index in [9.17, 15) is 4.79 Å². The fourth-order valence-electron chi connectivity index (χ4n) is 3.12. The average molecular weight is 347 g/mol. The fourth-order valence-corrected chi connectivity index (χ4v) is 3.12. The van der Waals surface area contributed by atoms with Crippen LogP contribution in [0.1, 0.15) is 38.8 Å². The van der Waals surface area contributed by atoms with Gasteiger partial charge in [0.2, 0.25) is 0 Å².